The van der Waals surface area contributed by atoms with E-state index >= 15 is 0 Å². The van der Waals surface area contributed by atoms with Crippen LogP contribution in [0.4, 0.5) is 0 Å². The molecule has 7 heteroatoms. The summed E-state index contributed by atoms with van der Waals surface area (Å²) in [6.07, 6.45) is 1.29. The maximum atomic E-state index is 12.0. The molecule has 140 valence electrons. The summed E-state index contributed by atoms with van der Waals surface area (Å²) < 4.78 is 6.12. The molecule has 1 aliphatic heterocycles. The van der Waals surface area contributed by atoms with Crippen LogP contribution < -0.4 is 10.1 Å². The van der Waals surface area contributed by atoms with Crippen molar-refractivity contribution in [3.63, 3.8) is 0 Å². The van der Waals surface area contributed by atoms with Crippen LogP contribution in [-0.2, 0) is 11.3 Å². The lowest BCUT2D eigenvalue weighted by Gasteiger charge is -2.21. The van der Waals surface area contributed by atoms with Crippen molar-refractivity contribution < 1.29 is 9.53 Å². The molecule has 0 bridgehead atoms. The molecule has 27 heavy (non-hydrogen) atoms. The first-order valence-corrected chi connectivity index (χ1v) is 11.0. The van der Waals surface area contributed by atoms with Gasteiger partial charge in [0.05, 0.1) is 22.2 Å². The number of aromatic nitrogens is 2. The van der Waals surface area contributed by atoms with Crippen LogP contribution in [0.5, 0.6) is 5.75 Å². The summed E-state index contributed by atoms with van der Waals surface area (Å²) >= 11 is 3.99. The van der Waals surface area contributed by atoms with E-state index in [0.29, 0.717) is 16.9 Å². The zero-order valence-corrected chi connectivity index (χ0v) is 16.4. The second-order valence-corrected chi connectivity index (χ2v) is 8.99. The van der Waals surface area contributed by atoms with Crippen molar-refractivity contribution >= 4 is 40.5 Å². The summed E-state index contributed by atoms with van der Waals surface area (Å²) in [6.45, 7) is 0.346. The van der Waals surface area contributed by atoms with Gasteiger partial charge in [0.15, 0.2) is 6.61 Å². The number of nitrogens with zero attached hydrogens (tertiary/aromatic N) is 1. The van der Waals surface area contributed by atoms with Crippen LogP contribution in [0.2, 0.25) is 0 Å². The number of hydrogen-bond donors (Lipinski definition) is 2. The molecule has 2 N–H and O–H groups in total. The van der Waals surface area contributed by atoms with Gasteiger partial charge in [-0.15, -0.1) is 23.5 Å². The molecular formula is C20H21N3O2S2. The summed E-state index contributed by atoms with van der Waals surface area (Å²) in [5, 5.41) is 2.83. The van der Waals surface area contributed by atoms with Crippen LogP contribution in [0.25, 0.3) is 11.0 Å². The summed E-state index contributed by atoms with van der Waals surface area (Å²) in [7, 11) is 0. The van der Waals surface area contributed by atoms with Crippen molar-refractivity contribution in [1.82, 2.24) is 15.3 Å². The van der Waals surface area contributed by atoms with Crippen molar-refractivity contribution in [3.8, 4) is 5.75 Å². The molecule has 1 amide bonds. The fourth-order valence-corrected chi connectivity index (χ4v) is 5.77. The van der Waals surface area contributed by atoms with Crippen molar-refractivity contribution in [2.45, 2.75) is 17.5 Å². The van der Waals surface area contributed by atoms with E-state index in [1.807, 2.05) is 59.9 Å². The van der Waals surface area contributed by atoms with Crippen LogP contribution in [0, 0.1) is 0 Å². The number of hydrogen-bond acceptors (Lipinski definition) is 5. The highest BCUT2D eigenvalue weighted by Gasteiger charge is 2.16. The number of rotatable bonds is 6. The maximum absolute atomic E-state index is 12.0. The Balaban J connectivity index is 1.25. The van der Waals surface area contributed by atoms with E-state index in [9.17, 15) is 4.79 Å². The minimum atomic E-state index is -0.169. The van der Waals surface area contributed by atoms with Crippen molar-refractivity contribution in [2.75, 3.05) is 18.1 Å². The number of imidazole rings is 1. The van der Waals surface area contributed by atoms with Gasteiger partial charge in [-0.1, -0.05) is 24.3 Å². The second kappa shape index (κ2) is 8.71. The third kappa shape index (κ3) is 4.78. The van der Waals surface area contributed by atoms with Gasteiger partial charge in [0.25, 0.3) is 5.91 Å². The maximum Gasteiger partial charge on any atom is 0.258 e. The Labute approximate surface area is 166 Å². The third-order valence-electron chi connectivity index (χ3n) is 4.24. The summed E-state index contributed by atoms with van der Waals surface area (Å²) in [5.74, 6) is 3.72. The number of para-hydroxylation sites is 2. The number of aromatic amines is 1. The van der Waals surface area contributed by atoms with Crippen LogP contribution in [0.1, 0.15) is 22.4 Å². The molecular weight excluding hydrogens is 378 g/mol. The van der Waals surface area contributed by atoms with E-state index in [0.717, 1.165) is 16.9 Å². The fourth-order valence-electron chi connectivity index (χ4n) is 2.87. The van der Waals surface area contributed by atoms with Crippen LogP contribution in [-0.4, -0.2) is 34.0 Å². The number of carbonyl (C=O) groups is 1. The van der Waals surface area contributed by atoms with Gasteiger partial charge in [-0.3, -0.25) is 4.79 Å². The van der Waals surface area contributed by atoms with Gasteiger partial charge in [-0.25, -0.2) is 4.98 Å². The van der Waals surface area contributed by atoms with Gasteiger partial charge in [-0.2, -0.15) is 0 Å². The Bertz CT molecular complexity index is 872. The van der Waals surface area contributed by atoms with E-state index in [-0.39, 0.29) is 12.5 Å². The smallest absolute Gasteiger partial charge is 0.258 e. The minimum Gasteiger partial charge on any atom is -0.484 e. The highest BCUT2D eigenvalue weighted by atomic mass is 32.2. The van der Waals surface area contributed by atoms with E-state index in [2.05, 4.69) is 27.4 Å². The van der Waals surface area contributed by atoms with Gasteiger partial charge >= 0.3 is 0 Å². The minimum absolute atomic E-state index is 0.00744. The van der Waals surface area contributed by atoms with Crippen LogP contribution in [0.15, 0.2) is 48.5 Å². The Hall–Kier alpha value is -2.12. The first-order valence-electron chi connectivity index (χ1n) is 8.94. The van der Waals surface area contributed by atoms with E-state index in [1.54, 1.807) is 0 Å². The molecule has 4 rings (SSSR count). The molecule has 1 saturated heterocycles. The molecule has 0 radical (unpaired) electrons. The van der Waals surface area contributed by atoms with Crippen LogP contribution >= 0.6 is 23.5 Å². The lowest BCUT2D eigenvalue weighted by Crippen LogP contribution is -2.28. The predicted molar refractivity (Wildman–Crippen MR) is 112 cm³/mol. The van der Waals surface area contributed by atoms with Crippen molar-refractivity contribution in [1.29, 1.82) is 0 Å². The molecule has 0 spiro atoms. The molecule has 0 saturated carbocycles. The highest BCUT2D eigenvalue weighted by molar-refractivity contribution is 8.16. The lowest BCUT2D eigenvalue weighted by atomic mass is 10.2. The summed E-state index contributed by atoms with van der Waals surface area (Å²) in [6, 6.07) is 15.9. The van der Waals surface area contributed by atoms with Crippen molar-refractivity contribution in [3.05, 3.63) is 59.9 Å². The van der Waals surface area contributed by atoms with Crippen molar-refractivity contribution in [2.24, 2.45) is 0 Å². The summed E-state index contributed by atoms with van der Waals surface area (Å²) in [5.41, 5.74) is 3.17. The number of H-pyrrole nitrogens is 1. The number of benzene rings is 2. The van der Waals surface area contributed by atoms with Gasteiger partial charge in [0.2, 0.25) is 0 Å². The number of thioether (sulfide) groups is 2. The zero-order valence-electron chi connectivity index (χ0n) is 14.8. The number of carbonyl (C=O) groups excluding carboxylic acids is 1. The molecule has 3 aromatic rings. The number of fused-ring (bicyclic) bond motifs is 1. The second-order valence-electron chi connectivity index (χ2n) is 6.26. The molecule has 0 atom stereocenters. The largest absolute Gasteiger partial charge is 0.484 e. The SMILES string of the molecule is O=C(COc1ccc(C2SCCCS2)cc1)NCc1nc2ccccc2[nH]1. The van der Waals surface area contributed by atoms with E-state index < -0.39 is 0 Å². The number of nitrogens with one attached hydrogen (secondary N) is 2. The predicted octanol–water partition coefficient (Wildman–Crippen LogP) is 4.13. The first kappa shape index (κ1) is 18.3. The Morgan fingerprint density at radius 2 is 1.93 bits per heavy atom. The zero-order chi connectivity index (χ0) is 18.5. The van der Waals surface area contributed by atoms with Gasteiger partial charge in [0.1, 0.15) is 11.6 Å². The molecule has 1 fully saturated rings. The van der Waals surface area contributed by atoms with Gasteiger partial charge < -0.3 is 15.0 Å². The average molecular weight is 400 g/mol. The number of ether oxygens (including phenoxy) is 1. The first-order chi connectivity index (χ1) is 13.3. The molecule has 2 aromatic carbocycles. The molecule has 0 unspecified atom stereocenters. The molecule has 5 nitrogen and oxygen atoms in total. The molecule has 2 heterocycles. The monoisotopic (exact) mass is 399 g/mol. The topological polar surface area (TPSA) is 67.0 Å². The Kier molecular flexibility index (Phi) is 5.89. The Morgan fingerprint density at radius 3 is 2.70 bits per heavy atom. The van der Waals surface area contributed by atoms with Gasteiger partial charge in [0, 0.05) is 0 Å². The molecule has 1 aliphatic rings. The Morgan fingerprint density at radius 1 is 1.15 bits per heavy atom. The average Bonchev–Trinajstić information content (AvgIpc) is 3.15. The third-order valence-corrected chi connectivity index (χ3v) is 7.26. The van der Waals surface area contributed by atoms with Gasteiger partial charge in [-0.05, 0) is 47.8 Å². The highest BCUT2D eigenvalue weighted by Crippen LogP contribution is 2.43. The molecule has 1 aromatic heterocycles. The van der Waals surface area contributed by atoms with Crippen LogP contribution in [0.3, 0.4) is 0 Å². The normalized spacial score (nSPS) is 15.0. The standard InChI is InChI=1S/C20H21N3O2S2/c24-19(21-12-18-22-16-4-1-2-5-17(16)23-18)13-25-15-8-6-14(7-9-15)20-26-10-3-11-27-20/h1-2,4-9,20H,3,10-13H2,(H,21,24)(H,22,23). The molecule has 0 aliphatic carbocycles. The van der Waals surface area contributed by atoms with E-state index in [4.69, 9.17) is 4.74 Å². The fraction of sp³-hybridized carbons (Fsp3) is 0.300. The quantitative estimate of drug-likeness (QED) is 0.652. The summed E-state index contributed by atoms with van der Waals surface area (Å²) in [4.78, 5) is 19.7. The van der Waals surface area contributed by atoms with E-state index in [1.165, 1.54) is 23.5 Å². The number of amides is 1. The lowest BCUT2D eigenvalue weighted by molar-refractivity contribution is -0.123.